The van der Waals surface area contributed by atoms with Gasteiger partial charge in [0.1, 0.15) is 5.75 Å². The highest BCUT2D eigenvalue weighted by Gasteiger charge is 2.16. The Hall–Kier alpha value is -1.31. The van der Waals surface area contributed by atoms with E-state index in [0.717, 1.165) is 34.8 Å². The molecule has 0 spiro atoms. The van der Waals surface area contributed by atoms with Gasteiger partial charge in [-0.25, -0.2) is 0 Å². The standard InChI is InChI=1S/C18H26O2/c1-13-11-16(12-14(2)18(13)20-3)17(19)10-9-15-7-5-4-6-8-15/h11-12,15H,4-10H2,1-3H3. The lowest BCUT2D eigenvalue weighted by molar-refractivity contribution is 0.0970. The molecule has 110 valence electrons. The van der Waals surface area contributed by atoms with Gasteiger partial charge in [0, 0.05) is 12.0 Å². The molecule has 2 rings (SSSR count). The number of rotatable bonds is 5. The number of carbonyl (C=O) groups excluding carboxylic acids is 1. The van der Waals surface area contributed by atoms with Crippen LogP contribution in [0.25, 0.3) is 0 Å². The summed E-state index contributed by atoms with van der Waals surface area (Å²) in [5.74, 6) is 1.95. The molecule has 0 aliphatic heterocycles. The molecular formula is C18H26O2. The molecule has 0 saturated heterocycles. The van der Waals surface area contributed by atoms with Gasteiger partial charge in [0.05, 0.1) is 7.11 Å². The molecule has 0 atom stereocenters. The first kappa shape index (κ1) is 15.1. The SMILES string of the molecule is COc1c(C)cc(C(=O)CCC2CCCCC2)cc1C. The van der Waals surface area contributed by atoms with E-state index in [2.05, 4.69) is 0 Å². The van der Waals surface area contributed by atoms with Crippen LogP contribution >= 0.6 is 0 Å². The van der Waals surface area contributed by atoms with Gasteiger partial charge in [-0.3, -0.25) is 4.79 Å². The van der Waals surface area contributed by atoms with Crippen LogP contribution < -0.4 is 4.74 Å². The minimum atomic E-state index is 0.282. The Kier molecular flexibility index (Phi) is 5.22. The summed E-state index contributed by atoms with van der Waals surface area (Å²) in [6.45, 7) is 4.01. The molecular weight excluding hydrogens is 248 g/mol. The first-order valence-electron chi connectivity index (χ1n) is 7.80. The van der Waals surface area contributed by atoms with Crippen LogP contribution in [0.3, 0.4) is 0 Å². The average molecular weight is 274 g/mol. The Morgan fingerprint density at radius 1 is 1.15 bits per heavy atom. The molecule has 20 heavy (non-hydrogen) atoms. The van der Waals surface area contributed by atoms with E-state index in [1.165, 1.54) is 32.1 Å². The number of hydrogen-bond donors (Lipinski definition) is 0. The van der Waals surface area contributed by atoms with Crippen LogP contribution in [-0.4, -0.2) is 12.9 Å². The second-order valence-corrected chi connectivity index (χ2v) is 6.11. The molecule has 0 unspecified atom stereocenters. The summed E-state index contributed by atoms with van der Waals surface area (Å²) in [4.78, 5) is 12.4. The van der Waals surface area contributed by atoms with Crippen molar-refractivity contribution in [3.63, 3.8) is 0 Å². The molecule has 1 aromatic rings. The summed E-state index contributed by atoms with van der Waals surface area (Å²) >= 11 is 0. The molecule has 0 radical (unpaired) electrons. The fraction of sp³-hybridized carbons (Fsp3) is 0.611. The van der Waals surface area contributed by atoms with Crippen LogP contribution in [0.5, 0.6) is 5.75 Å². The maximum atomic E-state index is 12.4. The summed E-state index contributed by atoms with van der Waals surface area (Å²) in [7, 11) is 1.68. The monoisotopic (exact) mass is 274 g/mol. The minimum absolute atomic E-state index is 0.282. The van der Waals surface area contributed by atoms with Crippen molar-refractivity contribution in [1.82, 2.24) is 0 Å². The van der Waals surface area contributed by atoms with E-state index in [1.54, 1.807) is 7.11 Å². The van der Waals surface area contributed by atoms with Gasteiger partial charge < -0.3 is 4.74 Å². The van der Waals surface area contributed by atoms with Gasteiger partial charge in [0.25, 0.3) is 0 Å². The predicted octanol–water partition coefficient (Wildman–Crippen LogP) is 4.86. The molecule has 0 amide bonds. The molecule has 1 saturated carbocycles. The van der Waals surface area contributed by atoms with Crippen LogP contribution in [0.1, 0.15) is 66.4 Å². The maximum Gasteiger partial charge on any atom is 0.162 e. The summed E-state index contributed by atoms with van der Waals surface area (Å²) < 4.78 is 5.35. The van der Waals surface area contributed by atoms with Gasteiger partial charge in [0.2, 0.25) is 0 Å². The normalized spacial score (nSPS) is 16.1. The van der Waals surface area contributed by atoms with Crippen LogP contribution in [-0.2, 0) is 0 Å². The number of hydrogen-bond acceptors (Lipinski definition) is 2. The number of methoxy groups -OCH3 is 1. The van der Waals surface area contributed by atoms with Crippen molar-refractivity contribution in [2.75, 3.05) is 7.11 Å². The summed E-state index contributed by atoms with van der Waals surface area (Å²) in [6, 6.07) is 3.93. The lowest BCUT2D eigenvalue weighted by atomic mass is 9.85. The molecule has 1 aromatic carbocycles. The average Bonchev–Trinajstić information content (AvgIpc) is 2.45. The van der Waals surface area contributed by atoms with Crippen LogP contribution in [0.15, 0.2) is 12.1 Å². The first-order chi connectivity index (χ1) is 9.61. The van der Waals surface area contributed by atoms with Crippen molar-refractivity contribution in [2.24, 2.45) is 5.92 Å². The number of benzene rings is 1. The van der Waals surface area contributed by atoms with Crippen molar-refractivity contribution in [3.8, 4) is 5.75 Å². The number of ether oxygens (including phenoxy) is 1. The summed E-state index contributed by atoms with van der Waals surface area (Å²) in [6.07, 6.45) is 8.45. The molecule has 2 heteroatoms. The molecule has 0 aromatic heterocycles. The Labute approximate surface area is 122 Å². The second-order valence-electron chi connectivity index (χ2n) is 6.11. The number of aryl methyl sites for hydroxylation is 2. The zero-order valence-electron chi connectivity index (χ0n) is 13.0. The van der Waals surface area contributed by atoms with Gasteiger partial charge in [-0.2, -0.15) is 0 Å². The van der Waals surface area contributed by atoms with Crippen molar-refractivity contribution < 1.29 is 9.53 Å². The molecule has 0 N–H and O–H groups in total. The Morgan fingerprint density at radius 3 is 2.30 bits per heavy atom. The van der Waals surface area contributed by atoms with E-state index in [9.17, 15) is 4.79 Å². The first-order valence-corrected chi connectivity index (χ1v) is 7.80. The lowest BCUT2D eigenvalue weighted by Gasteiger charge is -2.21. The lowest BCUT2D eigenvalue weighted by Crippen LogP contribution is -2.09. The zero-order valence-corrected chi connectivity index (χ0v) is 13.0. The highest BCUT2D eigenvalue weighted by Crippen LogP contribution is 2.29. The highest BCUT2D eigenvalue weighted by atomic mass is 16.5. The van der Waals surface area contributed by atoms with E-state index in [4.69, 9.17) is 4.74 Å². The van der Waals surface area contributed by atoms with Crippen LogP contribution in [0.4, 0.5) is 0 Å². The summed E-state index contributed by atoms with van der Waals surface area (Å²) in [5.41, 5.74) is 2.94. The second kappa shape index (κ2) is 6.92. The Balaban J connectivity index is 1.98. The van der Waals surface area contributed by atoms with Gasteiger partial charge in [-0.05, 0) is 49.4 Å². The topological polar surface area (TPSA) is 26.3 Å². The largest absolute Gasteiger partial charge is 0.496 e. The molecule has 1 aliphatic rings. The quantitative estimate of drug-likeness (QED) is 0.717. The summed E-state index contributed by atoms with van der Waals surface area (Å²) in [5, 5.41) is 0. The predicted molar refractivity (Wildman–Crippen MR) is 82.6 cm³/mol. The minimum Gasteiger partial charge on any atom is -0.496 e. The molecule has 0 bridgehead atoms. The van der Waals surface area contributed by atoms with Gasteiger partial charge in [-0.15, -0.1) is 0 Å². The molecule has 0 heterocycles. The van der Waals surface area contributed by atoms with Gasteiger partial charge in [0.15, 0.2) is 5.78 Å². The Morgan fingerprint density at radius 2 is 1.75 bits per heavy atom. The number of Topliss-reactive ketones (excluding diaryl/α,β-unsaturated/α-hetero) is 1. The maximum absolute atomic E-state index is 12.4. The molecule has 1 aliphatic carbocycles. The van der Waals surface area contributed by atoms with Gasteiger partial charge >= 0.3 is 0 Å². The van der Waals surface area contributed by atoms with E-state index < -0.39 is 0 Å². The van der Waals surface area contributed by atoms with Crippen LogP contribution in [0, 0.1) is 19.8 Å². The fourth-order valence-corrected chi connectivity index (χ4v) is 3.39. The third-order valence-electron chi connectivity index (χ3n) is 4.49. The van der Waals surface area contributed by atoms with Crippen molar-refractivity contribution in [1.29, 1.82) is 0 Å². The van der Waals surface area contributed by atoms with Crippen molar-refractivity contribution >= 4 is 5.78 Å². The van der Waals surface area contributed by atoms with Gasteiger partial charge in [-0.1, -0.05) is 32.1 Å². The van der Waals surface area contributed by atoms with E-state index in [0.29, 0.717) is 6.42 Å². The zero-order chi connectivity index (χ0) is 14.5. The fourth-order valence-electron chi connectivity index (χ4n) is 3.39. The third kappa shape index (κ3) is 3.62. The molecule has 1 fully saturated rings. The van der Waals surface area contributed by atoms with Crippen LogP contribution in [0.2, 0.25) is 0 Å². The van der Waals surface area contributed by atoms with Crippen molar-refractivity contribution in [3.05, 3.63) is 28.8 Å². The molecule has 2 nitrogen and oxygen atoms in total. The van der Waals surface area contributed by atoms with Crippen molar-refractivity contribution in [2.45, 2.75) is 58.8 Å². The third-order valence-corrected chi connectivity index (χ3v) is 4.49. The van der Waals surface area contributed by atoms with E-state index in [-0.39, 0.29) is 5.78 Å². The number of ketones is 1. The van der Waals surface area contributed by atoms with E-state index >= 15 is 0 Å². The van der Waals surface area contributed by atoms with E-state index in [1.807, 2.05) is 26.0 Å². The number of carbonyl (C=O) groups is 1. The smallest absolute Gasteiger partial charge is 0.162 e. The Bertz CT molecular complexity index is 447. The highest BCUT2D eigenvalue weighted by molar-refractivity contribution is 5.96.